The maximum absolute atomic E-state index is 5.99. The Hall–Kier alpha value is -1.39. The molecule has 1 atom stereocenters. The summed E-state index contributed by atoms with van der Waals surface area (Å²) in [4.78, 5) is 5.85. The van der Waals surface area contributed by atoms with Crippen LogP contribution in [0.15, 0.2) is 24.3 Å². The van der Waals surface area contributed by atoms with Crippen molar-refractivity contribution in [3.05, 3.63) is 34.8 Å². The number of thiazole rings is 1. The summed E-state index contributed by atoms with van der Waals surface area (Å²) in [5.41, 5.74) is 8.12. The molecule has 2 aromatic rings. The number of para-hydroxylation sites is 1. The Morgan fingerprint density at radius 1 is 1.39 bits per heavy atom. The van der Waals surface area contributed by atoms with Crippen LogP contribution in [0.25, 0.3) is 10.6 Å². The molecule has 0 radical (unpaired) electrons. The van der Waals surface area contributed by atoms with Crippen LogP contribution in [0.2, 0.25) is 0 Å². The van der Waals surface area contributed by atoms with E-state index in [-0.39, 0.29) is 6.04 Å². The van der Waals surface area contributed by atoms with Crippen molar-refractivity contribution in [1.82, 2.24) is 4.98 Å². The largest absolute Gasteiger partial charge is 0.496 e. The van der Waals surface area contributed by atoms with Gasteiger partial charge in [0.25, 0.3) is 0 Å². The zero-order valence-corrected chi connectivity index (χ0v) is 11.8. The normalized spacial score (nSPS) is 12.4. The smallest absolute Gasteiger partial charge is 0.129 e. The monoisotopic (exact) mass is 262 g/mol. The molecule has 0 saturated carbocycles. The fraction of sp³-hybridized carbons (Fsp3) is 0.357. The summed E-state index contributed by atoms with van der Waals surface area (Å²) in [7, 11) is 1.68. The average molecular weight is 262 g/mol. The first-order valence-electron chi connectivity index (χ1n) is 6.06. The van der Waals surface area contributed by atoms with Gasteiger partial charge in [-0.1, -0.05) is 19.1 Å². The molecule has 96 valence electrons. The molecule has 1 unspecified atom stereocenters. The number of methoxy groups -OCH3 is 1. The first-order valence-corrected chi connectivity index (χ1v) is 6.87. The molecule has 0 spiro atoms. The topological polar surface area (TPSA) is 48.1 Å². The Labute approximate surface area is 112 Å². The van der Waals surface area contributed by atoms with Gasteiger partial charge in [0.2, 0.25) is 0 Å². The van der Waals surface area contributed by atoms with Gasteiger partial charge in [0.05, 0.1) is 18.4 Å². The Morgan fingerprint density at radius 3 is 2.67 bits per heavy atom. The van der Waals surface area contributed by atoms with Gasteiger partial charge in [-0.2, -0.15) is 0 Å². The molecule has 1 aromatic carbocycles. The minimum atomic E-state index is 0.0286. The van der Waals surface area contributed by atoms with Crippen molar-refractivity contribution in [3.8, 4) is 16.3 Å². The van der Waals surface area contributed by atoms with Crippen molar-refractivity contribution in [2.75, 3.05) is 7.11 Å². The second kappa shape index (κ2) is 5.50. The SMILES string of the molecule is CCc1nc(-c2ccccc2OC)sc1C(C)N. The Morgan fingerprint density at radius 2 is 2.11 bits per heavy atom. The van der Waals surface area contributed by atoms with Crippen LogP contribution in [0.5, 0.6) is 5.75 Å². The van der Waals surface area contributed by atoms with E-state index in [4.69, 9.17) is 10.5 Å². The zero-order valence-electron chi connectivity index (χ0n) is 10.9. The lowest BCUT2D eigenvalue weighted by molar-refractivity contribution is 0.416. The molecule has 0 fully saturated rings. The summed E-state index contributed by atoms with van der Waals surface area (Å²) in [6.45, 7) is 4.10. The van der Waals surface area contributed by atoms with Crippen molar-refractivity contribution in [2.24, 2.45) is 5.73 Å². The van der Waals surface area contributed by atoms with Crippen molar-refractivity contribution in [2.45, 2.75) is 26.3 Å². The lowest BCUT2D eigenvalue weighted by Gasteiger charge is -2.04. The third-order valence-corrected chi connectivity index (χ3v) is 4.15. The lowest BCUT2D eigenvalue weighted by Crippen LogP contribution is -2.05. The quantitative estimate of drug-likeness (QED) is 0.918. The Bertz CT molecular complexity index is 534. The van der Waals surface area contributed by atoms with Gasteiger partial charge < -0.3 is 10.5 Å². The highest BCUT2D eigenvalue weighted by atomic mass is 32.1. The number of aryl methyl sites for hydroxylation is 1. The molecular weight excluding hydrogens is 244 g/mol. The third kappa shape index (κ3) is 2.40. The fourth-order valence-corrected chi connectivity index (χ4v) is 3.05. The minimum Gasteiger partial charge on any atom is -0.496 e. The van der Waals surface area contributed by atoms with Crippen molar-refractivity contribution < 1.29 is 4.74 Å². The predicted molar refractivity (Wildman–Crippen MR) is 76.1 cm³/mol. The second-order valence-corrected chi connectivity index (χ2v) is 5.20. The van der Waals surface area contributed by atoms with E-state index in [0.29, 0.717) is 0 Å². The van der Waals surface area contributed by atoms with Crippen LogP contribution >= 0.6 is 11.3 Å². The number of hydrogen-bond acceptors (Lipinski definition) is 4. The Balaban J connectivity index is 2.51. The van der Waals surface area contributed by atoms with E-state index in [9.17, 15) is 0 Å². The average Bonchev–Trinajstić information content (AvgIpc) is 2.82. The van der Waals surface area contributed by atoms with Gasteiger partial charge in [-0.3, -0.25) is 0 Å². The van der Waals surface area contributed by atoms with Crippen molar-refractivity contribution in [1.29, 1.82) is 0 Å². The summed E-state index contributed by atoms with van der Waals surface area (Å²) in [6.07, 6.45) is 0.905. The maximum atomic E-state index is 5.99. The summed E-state index contributed by atoms with van der Waals surface area (Å²) < 4.78 is 5.38. The van der Waals surface area contributed by atoms with E-state index in [1.165, 1.54) is 4.88 Å². The highest BCUT2D eigenvalue weighted by Crippen LogP contribution is 2.36. The van der Waals surface area contributed by atoms with Gasteiger partial charge in [0, 0.05) is 10.9 Å². The van der Waals surface area contributed by atoms with Crippen LogP contribution < -0.4 is 10.5 Å². The highest BCUT2D eigenvalue weighted by molar-refractivity contribution is 7.15. The van der Waals surface area contributed by atoms with Crippen LogP contribution in [0.3, 0.4) is 0 Å². The molecule has 2 rings (SSSR count). The zero-order chi connectivity index (χ0) is 13.1. The molecule has 1 aromatic heterocycles. The van der Waals surface area contributed by atoms with Gasteiger partial charge in [-0.15, -0.1) is 11.3 Å². The standard InChI is InChI=1S/C14H18N2OS/c1-4-11-13(9(2)15)18-14(16-11)10-7-5-6-8-12(10)17-3/h5-9H,4,15H2,1-3H3. The number of nitrogens with two attached hydrogens (primary N) is 1. The molecule has 0 aliphatic carbocycles. The first kappa shape index (κ1) is 13.1. The molecule has 2 N–H and O–H groups in total. The van der Waals surface area contributed by atoms with Crippen LogP contribution in [-0.2, 0) is 6.42 Å². The van der Waals surface area contributed by atoms with Crippen LogP contribution in [0.1, 0.15) is 30.5 Å². The van der Waals surface area contributed by atoms with Gasteiger partial charge >= 0.3 is 0 Å². The van der Waals surface area contributed by atoms with Gasteiger partial charge in [0.15, 0.2) is 0 Å². The van der Waals surface area contributed by atoms with Crippen molar-refractivity contribution in [3.63, 3.8) is 0 Å². The molecule has 18 heavy (non-hydrogen) atoms. The lowest BCUT2D eigenvalue weighted by atomic mass is 10.2. The Kier molecular flexibility index (Phi) is 3.99. The molecule has 4 heteroatoms. The number of rotatable bonds is 4. The van der Waals surface area contributed by atoms with Gasteiger partial charge in [-0.25, -0.2) is 4.98 Å². The molecule has 3 nitrogen and oxygen atoms in total. The van der Waals surface area contributed by atoms with Crippen molar-refractivity contribution >= 4 is 11.3 Å². The number of hydrogen-bond donors (Lipinski definition) is 1. The van der Waals surface area contributed by atoms with E-state index in [0.717, 1.165) is 28.4 Å². The molecule has 0 saturated heterocycles. The summed E-state index contributed by atoms with van der Waals surface area (Å²) >= 11 is 1.66. The van der Waals surface area contributed by atoms with E-state index >= 15 is 0 Å². The minimum absolute atomic E-state index is 0.0286. The van der Waals surface area contributed by atoms with E-state index in [1.54, 1.807) is 18.4 Å². The molecule has 0 bridgehead atoms. The number of benzene rings is 1. The molecule has 0 aliphatic heterocycles. The number of aromatic nitrogens is 1. The molecule has 0 amide bonds. The van der Waals surface area contributed by atoms with Gasteiger partial charge in [-0.05, 0) is 25.5 Å². The molecule has 1 heterocycles. The second-order valence-electron chi connectivity index (χ2n) is 4.17. The van der Waals surface area contributed by atoms with E-state index in [1.807, 2.05) is 31.2 Å². The van der Waals surface area contributed by atoms with Crippen LogP contribution in [0, 0.1) is 0 Å². The van der Waals surface area contributed by atoms with Crippen LogP contribution in [0.4, 0.5) is 0 Å². The first-order chi connectivity index (χ1) is 8.67. The number of nitrogens with zero attached hydrogens (tertiary/aromatic N) is 1. The van der Waals surface area contributed by atoms with E-state index < -0.39 is 0 Å². The van der Waals surface area contributed by atoms with E-state index in [2.05, 4.69) is 11.9 Å². The maximum Gasteiger partial charge on any atom is 0.129 e. The summed E-state index contributed by atoms with van der Waals surface area (Å²) in [5, 5.41) is 0.983. The fourth-order valence-electron chi connectivity index (χ4n) is 1.91. The third-order valence-electron chi connectivity index (χ3n) is 2.81. The molecular formula is C14H18N2OS. The van der Waals surface area contributed by atoms with Gasteiger partial charge in [0.1, 0.15) is 10.8 Å². The highest BCUT2D eigenvalue weighted by Gasteiger charge is 2.16. The summed E-state index contributed by atoms with van der Waals surface area (Å²) in [6, 6.07) is 7.97. The van der Waals surface area contributed by atoms with Crippen LogP contribution in [-0.4, -0.2) is 12.1 Å². The molecule has 0 aliphatic rings. The number of ether oxygens (including phenoxy) is 1. The predicted octanol–water partition coefficient (Wildman–Crippen LogP) is 3.40. The summed E-state index contributed by atoms with van der Waals surface area (Å²) in [5.74, 6) is 0.852.